The van der Waals surface area contributed by atoms with Crippen LogP contribution in [-0.2, 0) is 6.54 Å². The highest BCUT2D eigenvalue weighted by molar-refractivity contribution is 6.33. The summed E-state index contributed by atoms with van der Waals surface area (Å²) in [5.41, 5.74) is 7.65. The third kappa shape index (κ3) is 3.46. The van der Waals surface area contributed by atoms with Crippen LogP contribution in [0.5, 0.6) is 0 Å². The molecule has 1 fully saturated rings. The van der Waals surface area contributed by atoms with Crippen LogP contribution in [0, 0.1) is 0 Å². The molecule has 0 unspecified atom stereocenters. The van der Waals surface area contributed by atoms with Gasteiger partial charge in [0, 0.05) is 32.7 Å². The number of aromatic nitrogens is 1. The average molecular weight is 303 g/mol. The van der Waals surface area contributed by atoms with Crippen molar-refractivity contribution in [3.05, 3.63) is 53.2 Å². The van der Waals surface area contributed by atoms with E-state index in [1.807, 2.05) is 0 Å². The van der Waals surface area contributed by atoms with Crippen molar-refractivity contribution in [2.24, 2.45) is 0 Å². The van der Waals surface area contributed by atoms with Gasteiger partial charge in [0.2, 0.25) is 0 Å². The van der Waals surface area contributed by atoms with E-state index in [0.717, 1.165) is 38.5 Å². The number of halogens is 1. The molecule has 0 saturated carbocycles. The number of nitrogens with zero attached hydrogens (tertiary/aromatic N) is 3. The molecule has 4 nitrogen and oxygen atoms in total. The van der Waals surface area contributed by atoms with Gasteiger partial charge < -0.3 is 10.6 Å². The lowest BCUT2D eigenvalue weighted by Gasteiger charge is -2.35. The van der Waals surface area contributed by atoms with Gasteiger partial charge in [-0.3, -0.25) is 4.90 Å². The lowest BCUT2D eigenvalue weighted by Crippen LogP contribution is -2.46. The molecule has 1 aliphatic rings. The number of hydrogen-bond acceptors (Lipinski definition) is 4. The van der Waals surface area contributed by atoms with Gasteiger partial charge in [-0.15, -0.1) is 0 Å². The van der Waals surface area contributed by atoms with Crippen molar-refractivity contribution in [3.8, 4) is 0 Å². The van der Waals surface area contributed by atoms with Crippen LogP contribution < -0.4 is 10.6 Å². The lowest BCUT2D eigenvalue weighted by atomic mass is 10.2. The molecule has 0 spiro atoms. The van der Waals surface area contributed by atoms with Crippen LogP contribution in [0.25, 0.3) is 0 Å². The fraction of sp³-hybridized carbons (Fsp3) is 0.312. The third-order valence-corrected chi connectivity index (χ3v) is 4.04. The Hall–Kier alpha value is -1.78. The van der Waals surface area contributed by atoms with Crippen molar-refractivity contribution in [2.45, 2.75) is 6.54 Å². The second-order valence-corrected chi connectivity index (χ2v) is 5.73. The highest BCUT2D eigenvalue weighted by atomic mass is 35.5. The molecular formula is C16H19ClN4. The number of pyridine rings is 1. The topological polar surface area (TPSA) is 45.4 Å². The fourth-order valence-corrected chi connectivity index (χ4v) is 2.93. The number of rotatable bonds is 3. The SMILES string of the molecule is Nc1cnc(N2CCN(Cc3ccccc3)CC2)c(Cl)c1. The van der Waals surface area contributed by atoms with Crippen LogP contribution in [0.1, 0.15) is 5.56 Å². The fourth-order valence-electron chi connectivity index (χ4n) is 2.64. The summed E-state index contributed by atoms with van der Waals surface area (Å²) in [5, 5.41) is 0.631. The van der Waals surface area contributed by atoms with Crippen molar-refractivity contribution < 1.29 is 0 Å². The predicted octanol–water partition coefficient (Wildman–Crippen LogP) is 2.64. The summed E-state index contributed by atoms with van der Waals surface area (Å²) < 4.78 is 0. The quantitative estimate of drug-likeness (QED) is 0.947. The molecule has 0 radical (unpaired) electrons. The largest absolute Gasteiger partial charge is 0.397 e. The lowest BCUT2D eigenvalue weighted by molar-refractivity contribution is 0.249. The van der Waals surface area contributed by atoms with Gasteiger partial charge >= 0.3 is 0 Å². The van der Waals surface area contributed by atoms with Crippen molar-refractivity contribution in [3.63, 3.8) is 0 Å². The summed E-state index contributed by atoms with van der Waals surface area (Å²) in [4.78, 5) is 9.04. The molecule has 1 aliphatic heterocycles. The molecule has 0 bridgehead atoms. The number of hydrogen-bond donors (Lipinski definition) is 1. The third-order valence-electron chi connectivity index (χ3n) is 3.76. The summed E-state index contributed by atoms with van der Waals surface area (Å²) in [7, 11) is 0. The van der Waals surface area contributed by atoms with E-state index in [0.29, 0.717) is 10.7 Å². The van der Waals surface area contributed by atoms with E-state index in [4.69, 9.17) is 17.3 Å². The second kappa shape index (κ2) is 6.33. The number of benzene rings is 1. The van der Waals surface area contributed by atoms with Gasteiger partial charge in [0.25, 0.3) is 0 Å². The van der Waals surface area contributed by atoms with Gasteiger partial charge in [-0.1, -0.05) is 41.9 Å². The average Bonchev–Trinajstić information content (AvgIpc) is 2.49. The molecule has 2 N–H and O–H groups in total. The summed E-state index contributed by atoms with van der Waals surface area (Å²) in [5.74, 6) is 0.838. The maximum Gasteiger partial charge on any atom is 0.147 e. The van der Waals surface area contributed by atoms with Gasteiger partial charge in [0.05, 0.1) is 16.9 Å². The van der Waals surface area contributed by atoms with Gasteiger partial charge in [-0.2, -0.15) is 0 Å². The Balaban J connectivity index is 1.60. The van der Waals surface area contributed by atoms with Gasteiger partial charge in [0.15, 0.2) is 0 Å². The van der Waals surface area contributed by atoms with E-state index in [1.54, 1.807) is 12.3 Å². The Labute approximate surface area is 130 Å². The first-order chi connectivity index (χ1) is 10.2. The van der Waals surface area contributed by atoms with Crippen LogP contribution in [-0.4, -0.2) is 36.1 Å². The molecule has 2 heterocycles. The summed E-state index contributed by atoms with van der Waals surface area (Å²) >= 11 is 6.23. The smallest absolute Gasteiger partial charge is 0.147 e. The first-order valence-corrected chi connectivity index (χ1v) is 7.52. The summed E-state index contributed by atoms with van der Waals surface area (Å²) in [6, 6.07) is 12.3. The van der Waals surface area contributed by atoms with Crippen LogP contribution >= 0.6 is 11.6 Å². The molecule has 1 saturated heterocycles. The Morgan fingerprint density at radius 3 is 2.48 bits per heavy atom. The molecule has 5 heteroatoms. The molecule has 2 aromatic rings. The zero-order chi connectivity index (χ0) is 14.7. The monoisotopic (exact) mass is 302 g/mol. The zero-order valence-electron chi connectivity index (χ0n) is 11.9. The van der Waals surface area contributed by atoms with E-state index in [1.165, 1.54) is 5.56 Å². The highest BCUT2D eigenvalue weighted by Gasteiger charge is 2.19. The highest BCUT2D eigenvalue weighted by Crippen LogP contribution is 2.26. The molecule has 0 atom stereocenters. The molecule has 3 rings (SSSR count). The van der Waals surface area contributed by atoms with Crippen LogP contribution in [0.4, 0.5) is 11.5 Å². The number of piperazine rings is 1. The molecule has 0 amide bonds. The molecule has 21 heavy (non-hydrogen) atoms. The van der Waals surface area contributed by atoms with Crippen LogP contribution in [0.3, 0.4) is 0 Å². The van der Waals surface area contributed by atoms with E-state index < -0.39 is 0 Å². The first-order valence-electron chi connectivity index (χ1n) is 7.14. The number of nitrogens with two attached hydrogens (primary N) is 1. The summed E-state index contributed by atoms with van der Waals surface area (Å²) in [6.07, 6.45) is 1.66. The van der Waals surface area contributed by atoms with Crippen LogP contribution in [0.2, 0.25) is 5.02 Å². The normalized spacial score (nSPS) is 16.1. The second-order valence-electron chi connectivity index (χ2n) is 5.32. The van der Waals surface area contributed by atoms with Gasteiger partial charge in [0.1, 0.15) is 5.82 Å². The first kappa shape index (κ1) is 14.2. The van der Waals surface area contributed by atoms with Crippen molar-refractivity contribution >= 4 is 23.1 Å². The molecule has 110 valence electrons. The van der Waals surface area contributed by atoms with Crippen molar-refractivity contribution in [2.75, 3.05) is 36.8 Å². The minimum atomic E-state index is 0.603. The summed E-state index contributed by atoms with van der Waals surface area (Å²) in [6.45, 7) is 4.89. The molecular weight excluding hydrogens is 284 g/mol. The maximum atomic E-state index is 6.23. The van der Waals surface area contributed by atoms with Crippen molar-refractivity contribution in [1.82, 2.24) is 9.88 Å². The molecule has 1 aromatic carbocycles. The zero-order valence-corrected chi connectivity index (χ0v) is 12.6. The minimum Gasteiger partial charge on any atom is -0.397 e. The number of anilines is 2. The molecule has 0 aliphatic carbocycles. The van der Waals surface area contributed by atoms with E-state index in [9.17, 15) is 0 Å². The Bertz CT molecular complexity index is 594. The van der Waals surface area contributed by atoms with Crippen molar-refractivity contribution in [1.29, 1.82) is 0 Å². The minimum absolute atomic E-state index is 0.603. The standard InChI is InChI=1S/C16H19ClN4/c17-15-10-14(18)11-19-16(15)21-8-6-20(7-9-21)12-13-4-2-1-3-5-13/h1-5,10-11H,6-9,12,18H2. The van der Waals surface area contributed by atoms with E-state index >= 15 is 0 Å². The van der Waals surface area contributed by atoms with E-state index in [2.05, 4.69) is 45.1 Å². The van der Waals surface area contributed by atoms with Crippen LogP contribution in [0.15, 0.2) is 42.6 Å². The number of nitrogen functional groups attached to an aromatic ring is 1. The Kier molecular flexibility index (Phi) is 4.27. The molecule has 1 aromatic heterocycles. The maximum absolute atomic E-state index is 6.23. The van der Waals surface area contributed by atoms with Gasteiger partial charge in [-0.05, 0) is 11.6 Å². The van der Waals surface area contributed by atoms with E-state index in [-0.39, 0.29) is 0 Å². The predicted molar refractivity (Wildman–Crippen MR) is 87.6 cm³/mol. The Morgan fingerprint density at radius 1 is 1.10 bits per heavy atom. The Morgan fingerprint density at radius 2 is 1.81 bits per heavy atom. The van der Waals surface area contributed by atoms with Gasteiger partial charge in [-0.25, -0.2) is 4.98 Å².